The molecule has 3 unspecified atom stereocenters. The predicted octanol–water partition coefficient (Wildman–Crippen LogP) is 4.39. The monoisotopic (exact) mass is 370 g/mol. The summed E-state index contributed by atoms with van der Waals surface area (Å²) in [6.07, 6.45) is -4.53. The van der Waals surface area contributed by atoms with Crippen LogP contribution >= 0.6 is 0 Å². The van der Waals surface area contributed by atoms with E-state index in [4.69, 9.17) is 9.47 Å². The van der Waals surface area contributed by atoms with E-state index in [9.17, 15) is 17.4 Å². The third kappa shape index (κ3) is 3.36. The molecule has 3 rings (SSSR count). The second-order valence-electron chi connectivity index (χ2n) is 6.17. The molecule has 1 heterocycles. The summed E-state index contributed by atoms with van der Waals surface area (Å²) in [5.41, 5.74) is -1.91. The molecule has 0 spiro atoms. The van der Waals surface area contributed by atoms with E-state index in [1.54, 1.807) is 48.5 Å². The second kappa shape index (κ2) is 6.23. The summed E-state index contributed by atoms with van der Waals surface area (Å²) in [6, 6.07) is 15.3. The zero-order valence-electron chi connectivity index (χ0n) is 13.7. The van der Waals surface area contributed by atoms with E-state index in [1.807, 2.05) is 6.07 Å². The fourth-order valence-corrected chi connectivity index (χ4v) is 3.67. The van der Waals surface area contributed by atoms with Crippen molar-refractivity contribution in [2.24, 2.45) is 0 Å². The van der Waals surface area contributed by atoms with Crippen molar-refractivity contribution in [3.05, 3.63) is 60.2 Å². The molecule has 3 nitrogen and oxygen atoms in total. The predicted molar refractivity (Wildman–Crippen MR) is 86.4 cm³/mol. The SMILES string of the molecule is CC1(c2ccc(S(=O)c3ccccc3)cc2)OCC(C)(C(F)(F)F)O1. The second-order valence-corrected chi connectivity index (χ2v) is 7.65. The molecular formula is C18H17F3O3S. The van der Waals surface area contributed by atoms with Crippen molar-refractivity contribution in [2.75, 3.05) is 6.61 Å². The number of hydrogen-bond acceptors (Lipinski definition) is 3. The number of hydrogen-bond donors (Lipinski definition) is 0. The van der Waals surface area contributed by atoms with Crippen LogP contribution in [0, 0.1) is 0 Å². The zero-order chi connectivity index (χ0) is 18.3. The Balaban J connectivity index is 1.83. The van der Waals surface area contributed by atoms with Gasteiger partial charge >= 0.3 is 6.18 Å². The minimum atomic E-state index is -4.53. The van der Waals surface area contributed by atoms with Gasteiger partial charge in [0, 0.05) is 15.4 Å². The average molecular weight is 370 g/mol. The van der Waals surface area contributed by atoms with Gasteiger partial charge in [-0.1, -0.05) is 30.3 Å². The molecule has 1 aliphatic heterocycles. The number of rotatable bonds is 3. The lowest BCUT2D eigenvalue weighted by atomic mass is 10.1. The van der Waals surface area contributed by atoms with Gasteiger partial charge in [-0.15, -0.1) is 0 Å². The first kappa shape index (κ1) is 18.1. The fraction of sp³-hybridized carbons (Fsp3) is 0.333. The third-order valence-electron chi connectivity index (χ3n) is 4.19. The van der Waals surface area contributed by atoms with Crippen molar-refractivity contribution in [1.82, 2.24) is 0 Å². The highest BCUT2D eigenvalue weighted by Crippen LogP contribution is 2.46. The van der Waals surface area contributed by atoms with Crippen LogP contribution in [0.4, 0.5) is 13.2 Å². The summed E-state index contributed by atoms with van der Waals surface area (Å²) >= 11 is 0. The molecule has 2 aromatic carbocycles. The van der Waals surface area contributed by atoms with E-state index in [1.165, 1.54) is 6.92 Å². The lowest BCUT2D eigenvalue weighted by molar-refractivity contribution is -0.283. The Morgan fingerprint density at radius 1 is 0.960 bits per heavy atom. The van der Waals surface area contributed by atoms with Crippen LogP contribution in [-0.2, 0) is 26.1 Å². The van der Waals surface area contributed by atoms with Crippen molar-refractivity contribution in [3.63, 3.8) is 0 Å². The van der Waals surface area contributed by atoms with Crippen molar-refractivity contribution >= 4 is 10.8 Å². The standard InChI is InChI=1S/C18H17F3O3S/c1-16(18(19,20)21)12-23-17(2,24-16)13-8-10-15(11-9-13)25(22)14-6-4-3-5-7-14/h3-11H,12H2,1-2H3. The molecule has 1 fully saturated rings. The Bertz CT molecular complexity index is 776. The molecule has 0 bridgehead atoms. The Hall–Kier alpha value is -1.70. The van der Waals surface area contributed by atoms with Crippen molar-refractivity contribution in [3.8, 4) is 0 Å². The summed E-state index contributed by atoms with van der Waals surface area (Å²) < 4.78 is 62.4. The van der Waals surface area contributed by atoms with Gasteiger partial charge in [0.05, 0.1) is 17.4 Å². The van der Waals surface area contributed by atoms with Crippen LogP contribution in [0.1, 0.15) is 19.4 Å². The maximum Gasteiger partial charge on any atom is 0.419 e. The number of halogens is 3. The Kier molecular flexibility index (Phi) is 4.51. The molecule has 1 aliphatic rings. The molecule has 2 aromatic rings. The number of benzene rings is 2. The van der Waals surface area contributed by atoms with Crippen LogP contribution in [0.3, 0.4) is 0 Å². The molecule has 0 N–H and O–H groups in total. The lowest BCUT2D eigenvalue weighted by Gasteiger charge is -2.29. The van der Waals surface area contributed by atoms with Gasteiger partial charge in [-0.05, 0) is 38.1 Å². The first-order valence-corrected chi connectivity index (χ1v) is 8.78. The third-order valence-corrected chi connectivity index (χ3v) is 5.59. The maximum atomic E-state index is 13.1. The van der Waals surface area contributed by atoms with Gasteiger partial charge < -0.3 is 9.47 Å². The molecule has 134 valence electrons. The van der Waals surface area contributed by atoms with Gasteiger partial charge in [0.25, 0.3) is 0 Å². The first-order valence-electron chi connectivity index (χ1n) is 7.63. The highest BCUT2D eigenvalue weighted by molar-refractivity contribution is 7.85. The van der Waals surface area contributed by atoms with E-state index in [0.29, 0.717) is 15.4 Å². The molecule has 0 aromatic heterocycles. The normalized spacial score (nSPS) is 28.0. The van der Waals surface area contributed by atoms with Crippen molar-refractivity contribution in [2.45, 2.75) is 41.2 Å². The maximum absolute atomic E-state index is 13.1. The highest BCUT2D eigenvalue weighted by atomic mass is 32.2. The van der Waals surface area contributed by atoms with Crippen LogP contribution in [0.25, 0.3) is 0 Å². The molecular weight excluding hydrogens is 353 g/mol. The molecule has 7 heteroatoms. The first-order chi connectivity index (χ1) is 11.6. The number of alkyl halides is 3. The summed E-state index contributed by atoms with van der Waals surface area (Å²) in [4.78, 5) is 1.20. The van der Waals surface area contributed by atoms with Gasteiger partial charge in [0.1, 0.15) is 0 Å². The molecule has 3 atom stereocenters. The topological polar surface area (TPSA) is 35.5 Å². The fourth-order valence-electron chi connectivity index (χ4n) is 2.61. The molecule has 1 saturated heterocycles. The average Bonchev–Trinajstić information content (AvgIpc) is 2.93. The van der Waals surface area contributed by atoms with Crippen LogP contribution in [0.15, 0.2) is 64.4 Å². The summed E-state index contributed by atoms with van der Waals surface area (Å²) in [5, 5.41) is 0. The minimum Gasteiger partial charge on any atom is -0.343 e. The van der Waals surface area contributed by atoms with Crippen LogP contribution < -0.4 is 0 Å². The summed E-state index contributed by atoms with van der Waals surface area (Å²) in [5.74, 6) is -1.50. The van der Waals surface area contributed by atoms with Crippen molar-refractivity contribution < 1.29 is 26.9 Å². The van der Waals surface area contributed by atoms with Gasteiger partial charge in [-0.25, -0.2) is 4.21 Å². The molecule has 0 aliphatic carbocycles. The smallest absolute Gasteiger partial charge is 0.343 e. The molecule has 0 amide bonds. The Labute approximate surface area is 146 Å². The van der Waals surface area contributed by atoms with Crippen molar-refractivity contribution in [1.29, 1.82) is 0 Å². The lowest BCUT2D eigenvalue weighted by Crippen LogP contribution is -2.45. The van der Waals surface area contributed by atoms with Gasteiger partial charge in [-0.2, -0.15) is 13.2 Å². The molecule has 0 radical (unpaired) electrons. The van der Waals surface area contributed by atoms with Gasteiger partial charge in [0.2, 0.25) is 0 Å². The van der Waals surface area contributed by atoms with E-state index < -0.39 is 35.0 Å². The van der Waals surface area contributed by atoms with E-state index >= 15 is 0 Å². The molecule has 25 heavy (non-hydrogen) atoms. The Morgan fingerprint density at radius 2 is 1.52 bits per heavy atom. The van der Waals surface area contributed by atoms with E-state index in [-0.39, 0.29) is 0 Å². The molecule has 0 saturated carbocycles. The van der Waals surface area contributed by atoms with Crippen LogP contribution in [-0.4, -0.2) is 22.6 Å². The highest BCUT2D eigenvalue weighted by Gasteiger charge is 2.61. The van der Waals surface area contributed by atoms with E-state index in [2.05, 4.69) is 0 Å². The van der Waals surface area contributed by atoms with Crippen LogP contribution in [0.5, 0.6) is 0 Å². The Morgan fingerprint density at radius 3 is 2.04 bits per heavy atom. The van der Waals surface area contributed by atoms with Gasteiger partial charge in [0.15, 0.2) is 11.4 Å². The van der Waals surface area contributed by atoms with E-state index in [0.717, 1.165) is 6.92 Å². The largest absolute Gasteiger partial charge is 0.419 e. The van der Waals surface area contributed by atoms with Crippen LogP contribution in [0.2, 0.25) is 0 Å². The quantitative estimate of drug-likeness (QED) is 0.804. The zero-order valence-corrected chi connectivity index (χ0v) is 14.5. The minimum absolute atomic E-state index is 0.439. The van der Waals surface area contributed by atoms with Gasteiger partial charge in [-0.3, -0.25) is 0 Å². The number of ether oxygens (including phenoxy) is 2. The summed E-state index contributed by atoms with van der Waals surface area (Å²) in [6.45, 7) is 1.84. The summed E-state index contributed by atoms with van der Waals surface area (Å²) in [7, 11) is -1.36.